The molecule has 0 bridgehead atoms. The third-order valence-corrected chi connectivity index (χ3v) is 7.09. The van der Waals surface area contributed by atoms with Gasteiger partial charge in [0.05, 0.1) is 12.7 Å². The third kappa shape index (κ3) is 5.23. The monoisotopic (exact) mass is 446 g/mol. The molecule has 0 aromatic heterocycles. The Hall–Kier alpha value is -2.91. The van der Waals surface area contributed by atoms with E-state index in [1.54, 1.807) is 30.3 Å². The summed E-state index contributed by atoms with van der Waals surface area (Å²) in [6, 6.07) is 12.4. The molecular weight excluding hydrogens is 420 g/mol. The van der Waals surface area contributed by atoms with E-state index in [4.69, 9.17) is 15.2 Å². The molecule has 166 valence electrons. The van der Waals surface area contributed by atoms with Crippen LogP contribution in [0.1, 0.15) is 47.7 Å². The number of amides is 1. The number of carbonyl (C=O) groups is 2. The Morgan fingerprint density at radius 2 is 1.65 bits per heavy atom. The molecule has 0 aliphatic carbocycles. The van der Waals surface area contributed by atoms with E-state index in [0.29, 0.717) is 18.7 Å². The molecule has 1 aliphatic rings. The first-order valence-electron chi connectivity index (χ1n) is 10.1. The Balaban J connectivity index is 1.92. The van der Waals surface area contributed by atoms with Crippen LogP contribution in [0.5, 0.6) is 5.75 Å². The van der Waals surface area contributed by atoms with E-state index < -0.39 is 28.0 Å². The van der Waals surface area contributed by atoms with Crippen molar-refractivity contribution in [3.8, 4) is 5.75 Å². The molecule has 0 radical (unpaired) electrons. The first-order chi connectivity index (χ1) is 14.8. The standard InChI is InChI=1S/C22H26N2O6S/c1-29-18-12-11-17(15-19(18)31(27,28)24-13-7-2-3-8-14-24)22(26)30-20(21(23)25)16-9-5-4-6-10-16/h4-6,9-12,15,20H,2-3,7-8,13-14H2,1H3,(H2,23,25). The van der Waals surface area contributed by atoms with Crippen molar-refractivity contribution >= 4 is 21.9 Å². The van der Waals surface area contributed by atoms with Gasteiger partial charge in [-0.3, -0.25) is 4.79 Å². The number of benzene rings is 2. The van der Waals surface area contributed by atoms with Crippen molar-refractivity contribution in [3.63, 3.8) is 0 Å². The average Bonchev–Trinajstić information content (AvgIpc) is 3.07. The number of methoxy groups -OCH3 is 1. The van der Waals surface area contributed by atoms with Crippen LogP contribution in [0.4, 0.5) is 0 Å². The molecule has 1 amide bonds. The van der Waals surface area contributed by atoms with E-state index in [1.807, 2.05) is 0 Å². The largest absolute Gasteiger partial charge is 0.495 e. The summed E-state index contributed by atoms with van der Waals surface area (Å²) in [6.07, 6.45) is 2.22. The van der Waals surface area contributed by atoms with Crippen LogP contribution in [0.3, 0.4) is 0 Å². The fourth-order valence-electron chi connectivity index (χ4n) is 3.52. The van der Waals surface area contributed by atoms with E-state index in [-0.39, 0.29) is 16.2 Å². The lowest BCUT2D eigenvalue weighted by Gasteiger charge is -2.22. The molecule has 9 heteroatoms. The number of carbonyl (C=O) groups excluding carboxylic acids is 2. The number of hydrogen-bond donors (Lipinski definition) is 1. The summed E-state index contributed by atoms with van der Waals surface area (Å²) in [5, 5.41) is 0. The number of sulfonamides is 1. The van der Waals surface area contributed by atoms with Gasteiger partial charge in [0, 0.05) is 18.7 Å². The molecular formula is C22H26N2O6S. The van der Waals surface area contributed by atoms with E-state index in [0.717, 1.165) is 25.7 Å². The van der Waals surface area contributed by atoms with Gasteiger partial charge in [0.25, 0.3) is 5.91 Å². The molecule has 3 rings (SSSR count). The van der Waals surface area contributed by atoms with Crippen LogP contribution in [-0.2, 0) is 19.6 Å². The van der Waals surface area contributed by atoms with Gasteiger partial charge in [-0.1, -0.05) is 43.2 Å². The number of nitrogens with zero attached hydrogens (tertiary/aromatic N) is 1. The molecule has 0 saturated carbocycles. The van der Waals surface area contributed by atoms with Crippen molar-refractivity contribution in [1.29, 1.82) is 0 Å². The minimum absolute atomic E-state index is 0.0172. The molecule has 8 nitrogen and oxygen atoms in total. The number of rotatable bonds is 7. The van der Waals surface area contributed by atoms with Crippen molar-refractivity contribution in [2.24, 2.45) is 5.73 Å². The van der Waals surface area contributed by atoms with Crippen LogP contribution in [0.15, 0.2) is 53.4 Å². The van der Waals surface area contributed by atoms with Crippen molar-refractivity contribution < 1.29 is 27.5 Å². The first kappa shape index (κ1) is 22.8. The predicted molar refractivity (Wildman–Crippen MR) is 114 cm³/mol. The van der Waals surface area contributed by atoms with Crippen molar-refractivity contribution in [3.05, 3.63) is 59.7 Å². The molecule has 2 N–H and O–H groups in total. The van der Waals surface area contributed by atoms with Gasteiger partial charge in [0.2, 0.25) is 16.1 Å². The Morgan fingerprint density at radius 1 is 1.00 bits per heavy atom. The second-order valence-electron chi connectivity index (χ2n) is 7.28. The second-order valence-corrected chi connectivity index (χ2v) is 9.19. The van der Waals surface area contributed by atoms with Gasteiger partial charge in [-0.2, -0.15) is 4.31 Å². The Labute approximate surface area is 182 Å². The summed E-state index contributed by atoms with van der Waals surface area (Å²) in [4.78, 5) is 24.5. The molecule has 1 heterocycles. The maximum Gasteiger partial charge on any atom is 0.339 e. The lowest BCUT2D eigenvalue weighted by atomic mass is 10.1. The SMILES string of the molecule is COc1ccc(C(=O)OC(C(N)=O)c2ccccc2)cc1S(=O)(=O)N1CCCCCC1. The summed E-state index contributed by atoms with van der Waals surface area (Å²) in [7, 11) is -2.50. The smallest absolute Gasteiger partial charge is 0.339 e. The molecule has 1 aliphatic heterocycles. The second kappa shape index (κ2) is 9.93. The maximum atomic E-state index is 13.3. The molecule has 0 spiro atoms. The zero-order valence-corrected chi connectivity index (χ0v) is 18.1. The molecule has 1 fully saturated rings. The van der Waals surface area contributed by atoms with Gasteiger partial charge in [-0.05, 0) is 31.0 Å². The van der Waals surface area contributed by atoms with E-state index in [9.17, 15) is 18.0 Å². The quantitative estimate of drug-likeness (QED) is 0.654. The van der Waals surface area contributed by atoms with Crippen LogP contribution in [0.25, 0.3) is 0 Å². The minimum atomic E-state index is -3.87. The topological polar surface area (TPSA) is 116 Å². The van der Waals surface area contributed by atoms with Gasteiger partial charge in [-0.25, -0.2) is 13.2 Å². The summed E-state index contributed by atoms with van der Waals surface area (Å²) >= 11 is 0. The predicted octanol–water partition coefficient (Wildman–Crippen LogP) is 2.64. The van der Waals surface area contributed by atoms with Gasteiger partial charge in [0.15, 0.2) is 0 Å². The fourth-order valence-corrected chi connectivity index (χ4v) is 5.22. The average molecular weight is 447 g/mol. The van der Waals surface area contributed by atoms with Gasteiger partial charge < -0.3 is 15.2 Å². The fraction of sp³-hybridized carbons (Fsp3) is 0.364. The van der Waals surface area contributed by atoms with Crippen molar-refractivity contribution in [1.82, 2.24) is 4.31 Å². The van der Waals surface area contributed by atoms with Gasteiger partial charge in [-0.15, -0.1) is 0 Å². The van der Waals surface area contributed by atoms with Gasteiger partial charge >= 0.3 is 5.97 Å². The van der Waals surface area contributed by atoms with Crippen LogP contribution < -0.4 is 10.5 Å². The minimum Gasteiger partial charge on any atom is -0.495 e. The number of ether oxygens (including phenoxy) is 2. The summed E-state index contributed by atoms with van der Waals surface area (Å²) in [6.45, 7) is 0.829. The van der Waals surface area contributed by atoms with Gasteiger partial charge in [0.1, 0.15) is 10.6 Å². The highest BCUT2D eigenvalue weighted by molar-refractivity contribution is 7.89. The highest BCUT2D eigenvalue weighted by Gasteiger charge is 2.30. The van der Waals surface area contributed by atoms with E-state index in [1.165, 1.54) is 29.6 Å². The van der Waals surface area contributed by atoms with Crippen LogP contribution in [0, 0.1) is 0 Å². The van der Waals surface area contributed by atoms with E-state index in [2.05, 4.69) is 0 Å². The van der Waals surface area contributed by atoms with E-state index >= 15 is 0 Å². The Kier molecular flexibility index (Phi) is 7.29. The molecule has 1 atom stereocenters. The van der Waals surface area contributed by atoms with Crippen LogP contribution in [-0.4, -0.2) is 44.8 Å². The third-order valence-electron chi connectivity index (χ3n) is 5.17. The Morgan fingerprint density at radius 3 is 2.23 bits per heavy atom. The summed E-state index contributed by atoms with van der Waals surface area (Å²) < 4.78 is 38.5. The zero-order chi connectivity index (χ0) is 22.4. The molecule has 2 aromatic carbocycles. The number of hydrogen-bond acceptors (Lipinski definition) is 6. The maximum absolute atomic E-state index is 13.3. The van der Waals surface area contributed by atoms with Crippen LogP contribution in [0.2, 0.25) is 0 Å². The summed E-state index contributed by atoms with van der Waals surface area (Å²) in [5.41, 5.74) is 5.82. The first-order valence-corrected chi connectivity index (χ1v) is 11.5. The molecule has 2 aromatic rings. The molecule has 1 unspecified atom stereocenters. The molecule has 1 saturated heterocycles. The molecule has 31 heavy (non-hydrogen) atoms. The lowest BCUT2D eigenvalue weighted by molar-refractivity contribution is -0.127. The number of esters is 1. The number of primary amides is 1. The normalized spacial score (nSPS) is 16.2. The highest BCUT2D eigenvalue weighted by atomic mass is 32.2. The van der Waals surface area contributed by atoms with Crippen LogP contribution >= 0.6 is 0 Å². The zero-order valence-electron chi connectivity index (χ0n) is 17.3. The lowest BCUT2D eigenvalue weighted by Crippen LogP contribution is -2.32. The highest BCUT2D eigenvalue weighted by Crippen LogP contribution is 2.30. The van der Waals surface area contributed by atoms with Crippen molar-refractivity contribution in [2.45, 2.75) is 36.7 Å². The summed E-state index contributed by atoms with van der Waals surface area (Å²) in [5.74, 6) is -1.55. The van der Waals surface area contributed by atoms with Crippen molar-refractivity contribution in [2.75, 3.05) is 20.2 Å². The Bertz CT molecular complexity index is 1030. The number of nitrogens with two attached hydrogens (primary N) is 1.